The second-order valence-corrected chi connectivity index (χ2v) is 6.11. The minimum Gasteiger partial charge on any atom is -0.480 e. The fourth-order valence-corrected chi connectivity index (χ4v) is 3.48. The molecule has 88 valence electrons. The van der Waals surface area contributed by atoms with E-state index in [4.69, 9.17) is 11.6 Å². The van der Waals surface area contributed by atoms with Crippen LogP contribution in [-0.4, -0.2) is 11.1 Å². The molecule has 1 N–H and O–H groups in total. The molecule has 0 spiro atoms. The molecule has 17 heavy (non-hydrogen) atoms. The summed E-state index contributed by atoms with van der Waals surface area (Å²) in [5, 5.41) is 11.1. The molecule has 0 aliphatic heterocycles. The Bertz CT molecular complexity index is 511. The predicted molar refractivity (Wildman–Crippen MR) is 72.0 cm³/mol. The molecule has 0 aliphatic rings. The van der Waals surface area contributed by atoms with E-state index < -0.39 is 11.2 Å². The number of hydrogen-bond acceptors (Lipinski definition) is 3. The van der Waals surface area contributed by atoms with Crippen molar-refractivity contribution in [3.8, 4) is 0 Å². The Kier molecular flexibility index (Phi) is 4.10. The third-order valence-electron chi connectivity index (χ3n) is 2.10. The van der Waals surface area contributed by atoms with Gasteiger partial charge in [-0.1, -0.05) is 41.6 Å². The largest absolute Gasteiger partial charge is 0.480 e. The molecule has 0 aliphatic carbocycles. The first-order valence-electron chi connectivity index (χ1n) is 4.85. The Labute approximate surface area is 112 Å². The SMILES string of the molecule is O=C(O)[C@H](Sc1cccs1)c1cccc(Cl)c1. The number of thioether (sulfide) groups is 1. The van der Waals surface area contributed by atoms with Crippen molar-refractivity contribution in [3.63, 3.8) is 0 Å². The Morgan fingerprint density at radius 2 is 2.18 bits per heavy atom. The van der Waals surface area contributed by atoms with Gasteiger partial charge >= 0.3 is 5.97 Å². The summed E-state index contributed by atoms with van der Waals surface area (Å²) in [6, 6.07) is 10.8. The molecule has 5 heteroatoms. The zero-order chi connectivity index (χ0) is 12.3. The van der Waals surface area contributed by atoms with Crippen LogP contribution in [0.15, 0.2) is 46.0 Å². The number of halogens is 1. The third-order valence-corrected chi connectivity index (χ3v) is 4.66. The van der Waals surface area contributed by atoms with Gasteiger partial charge in [-0.3, -0.25) is 4.79 Å². The van der Waals surface area contributed by atoms with E-state index >= 15 is 0 Å². The summed E-state index contributed by atoms with van der Waals surface area (Å²) in [5.41, 5.74) is 0.711. The van der Waals surface area contributed by atoms with Crippen molar-refractivity contribution >= 4 is 40.7 Å². The lowest BCUT2D eigenvalue weighted by atomic mass is 10.1. The van der Waals surface area contributed by atoms with Crippen molar-refractivity contribution in [1.29, 1.82) is 0 Å². The van der Waals surface area contributed by atoms with Gasteiger partial charge in [0.05, 0.1) is 4.21 Å². The van der Waals surface area contributed by atoms with Crippen LogP contribution in [0.5, 0.6) is 0 Å². The Balaban J connectivity index is 2.26. The molecule has 1 atom stereocenters. The van der Waals surface area contributed by atoms with E-state index in [2.05, 4.69) is 0 Å². The lowest BCUT2D eigenvalue weighted by Crippen LogP contribution is -2.07. The maximum absolute atomic E-state index is 11.3. The van der Waals surface area contributed by atoms with Crippen LogP contribution in [-0.2, 0) is 4.79 Å². The van der Waals surface area contributed by atoms with E-state index in [1.54, 1.807) is 24.3 Å². The molecule has 2 nitrogen and oxygen atoms in total. The summed E-state index contributed by atoms with van der Waals surface area (Å²) in [6.07, 6.45) is 0. The second-order valence-electron chi connectivity index (χ2n) is 3.32. The van der Waals surface area contributed by atoms with Crippen LogP contribution in [0.2, 0.25) is 5.02 Å². The number of carbonyl (C=O) groups is 1. The summed E-state index contributed by atoms with van der Waals surface area (Å²) < 4.78 is 0.984. The fourth-order valence-electron chi connectivity index (χ4n) is 1.38. The van der Waals surface area contributed by atoms with Gasteiger partial charge in [-0.15, -0.1) is 11.3 Å². The number of hydrogen-bond donors (Lipinski definition) is 1. The van der Waals surface area contributed by atoms with Crippen LogP contribution in [0.25, 0.3) is 0 Å². The van der Waals surface area contributed by atoms with Gasteiger partial charge in [0, 0.05) is 5.02 Å². The minimum absolute atomic E-state index is 0.556. The zero-order valence-electron chi connectivity index (χ0n) is 8.67. The molecule has 2 rings (SSSR count). The number of thiophene rings is 1. The lowest BCUT2D eigenvalue weighted by molar-refractivity contribution is -0.136. The van der Waals surface area contributed by atoms with Gasteiger partial charge in [0.1, 0.15) is 5.25 Å². The number of carboxylic acid groups (broad SMARTS) is 1. The highest BCUT2D eigenvalue weighted by Gasteiger charge is 2.21. The number of carboxylic acids is 1. The number of benzene rings is 1. The van der Waals surface area contributed by atoms with E-state index in [0.717, 1.165) is 4.21 Å². The summed E-state index contributed by atoms with van der Waals surface area (Å²) in [5.74, 6) is -0.856. The summed E-state index contributed by atoms with van der Waals surface area (Å²) >= 11 is 8.74. The smallest absolute Gasteiger partial charge is 0.321 e. The normalized spacial score (nSPS) is 12.3. The van der Waals surface area contributed by atoms with Crippen LogP contribution in [0.4, 0.5) is 0 Å². The Hall–Kier alpha value is -0.970. The van der Waals surface area contributed by atoms with E-state index in [0.29, 0.717) is 10.6 Å². The van der Waals surface area contributed by atoms with Gasteiger partial charge in [0.15, 0.2) is 0 Å². The summed E-state index contributed by atoms with van der Waals surface area (Å²) in [7, 11) is 0. The van der Waals surface area contributed by atoms with Crippen molar-refractivity contribution < 1.29 is 9.90 Å². The van der Waals surface area contributed by atoms with Gasteiger partial charge in [-0.2, -0.15) is 0 Å². The molecule has 1 heterocycles. The average molecular weight is 285 g/mol. The first-order chi connectivity index (χ1) is 8.16. The van der Waals surface area contributed by atoms with Crippen LogP contribution >= 0.6 is 34.7 Å². The number of aliphatic carboxylic acids is 1. The van der Waals surface area contributed by atoms with Crippen LogP contribution in [0, 0.1) is 0 Å². The van der Waals surface area contributed by atoms with Crippen LogP contribution < -0.4 is 0 Å². The van der Waals surface area contributed by atoms with E-state index in [9.17, 15) is 9.90 Å². The van der Waals surface area contributed by atoms with Gasteiger partial charge in [0.25, 0.3) is 0 Å². The lowest BCUT2D eigenvalue weighted by Gasteiger charge is -2.11. The molecule has 2 aromatic rings. The van der Waals surface area contributed by atoms with Crippen LogP contribution in [0.1, 0.15) is 10.8 Å². The quantitative estimate of drug-likeness (QED) is 0.850. The molecule has 1 aromatic heterocycles. The molecule has 0 saturated carbocycles. The fraction of sp³-hybridized carbons (Fsp3) is 0.0833. The monoisotopic (exact) mass is 284 g/mol. The van der Waals surface area contributed by atoms with Crippen LogP contribution in [0.3, 0.4) is 0 Å². The standard InChI is InChI=1S/C12H9ClO2S2/c13-9-4-1-3-8(7-9)11(12(14)15)17-10-5-2-6-16-10/h1-7,11H,(H,14,15)/t11-/m1/s1. The molecule has 0 amide bonds. The molecule has 0 bridgehead atoms. The maximum atomic E-state index is 11.3. The van der Waals surface area contributed by atoms with Crippen molar-refractivity contribution in [1.82, 2.24) is 0 Å². The first-order valence-corrected chi connectivity index (χ1v) is 6.99. The predicted octanol–water partition coefficient (Wildman–Crippen LogP) is 4.32. The summed E-state index contributed by atoms with van der Waals surface area (Å²) in [4.78, 5) is 11.3. The molecule has 0 radical (unpaired) electrons. The highest BCUT2D eigenvalue weighted by molar-refractivity contribution is 8.02. The number of rotatable bonds is 4. The van der Waals surface area contributed by atoms with E-state index in [-0.39, 0.29) is 0 Å². The van der Waals surface area contributed by atoms with Crippen molar-refractivity contribution in [2.24, 2.45) is 0 Å². The van der Waals surface area contributed by atoms with Gasteiger partial charge < -0.3 is 5.11 Å². The average Bonchev–Trinajstić information content (AvgIpc) is 2.78. The molecular formula is C12H9ClO2S2. The molecular weight excluding hydrogens is 276 g/mol. The van der Waals surface area contributed by atoms with Gasteiger partial charge in [-0.05, 0) is 29.1 Å². The van der Waals surface area contributed by atoms with E-state index in [1.807, 2.05) is 17.5 Å². The van der Waals surface area contributed by atoms with Gasteiger partial charge in [0.2, 0.25) is 0 Å². The first kappa shape index (κ1) is 12.5. The van der Waals surface area contributed by atoms with Crippen molar-refractivity contribution in [2.45, 2.75) is 9.46 Å². The third kappa shape index (κ3) is 3.25. The molecule has 1 aromatic carbocycles. The summed E-state index contributed by atoms with van der Waals surface area (Å²) in [6.45, 7) is 0. The zero-order valence-corrected chi connectivity index (χ0v) is 11.1. The van der Waals surface area contributed by atoms with Gasteiger partial charge in [-0.25, -0.2) is 0 Å². The van der Waals surface area contributed by atoms with Crippen molar-refractivity contribution in [2.75, 3.05) is 0 Å². The topological polar surface area (TPSA) is 37.3 Å². The van der Waals surface area contributed by atoms with Crippen molar-refractivity contribution in [3.05, 3.63) is 52.4 Å². The highest BCUT2D eigenvalue weighted by atomic mass is 35.5. The maximum Gasteiger partial charge on any atom is 0.321 e. The Morgan fingerprint density at radius 3 is 2.76 bits per heavy atom. The molecule has 0 saturated heterocycles. The molecule has 0 unspecified atom stereocenters. The second kappa shape index (κ2) is 5.58. The van der Waals surface area contributed by atoms with E-state index in [1.165, 1.54) is 23.1 Å². The minimum atomic E-state index is -0.856. The highest BCUT2D eigenvalue weighted by Crippen LogP contribution is 2.38. The molecule has 0 fully saturated rings. The Morgan fingerprint density at radius 1 is 1.35 bits per heavy atom.